The average Bonchev–Trinajstić information content (AvgIpc) is 1.94. The molecule has 2 nitrogen and oxygen atoms in total. The lowest BCUT2D eigenvalue weighted by Crippen LogP contribution is -2.25. The topological polar surface area (TPSA) is 37.3 Å². The number of hydrogen-bond donors (Lipinski definition) is 1. The van der Waals surface area contributed by atoms with Gasteiger partial charge in [-0.25, -0.2) is 0 Å². The number of rotatable bonds is 1. The molecule has 0 aromatic rings. The van der Waals surface area contributed by atoms with Crippen LogP contribution in [0.5, 0.6) is 0 Å². The highest BCUT2D eigenvalue weighted by molar-refractivity contribution is 5.70. The van der Waals surface area contributed by atoms with E-state index in [4.69, 9.17) is 5.11 Å². The number of carboxylic acid groups (broad SMARTS) is 1. The van der Waals surface area contributed by atoms with Crippen molar-refractivity contribution in [2.45, 2.75) is 20.3 Å². The Morgan fingerprint density at radius 2 is 2.09 bits per heavy atom. The molecular formula is C9H14O2. The Hall–Kier alpha value is -0.790. The maximum Gasteiger partial charge on any atom is 0.307 e. The molecule has 0 aromatic carbocycles. The Kier molecular flexibility index (Phi) is 2.32. The van der Waals surface area contributed by atoms with E-state index in [0.29, 0.717) is 5.92 Å². The standard InChI is InChI=1S/C9H14O2/c1-6-3-4-7(2)8(5-6)9(10)11/h3-4,6-8H,5H2,1-2H3,(H,10,11)/t6-,7-,8-/m1/s1. The first kappa shape index (κ1) is 8.31. The van der Waals surface area contributed by atoms with Crippen LogP contribution in [0.4, 0.5) is 0 Å². The predicted molar refractivity (Wildman–Crippen MR) is 43.2 cm³/mol. The van der Waals surface area contributed by atoms with Crippen LogP contribution in [0.1, 0.15) is 20.3 Å². The Balaban J connectivity index is 2.68. The number of allylic oxidation sites excluding steroid dienone is 2. The second-order valence-electron chi connectivity index (χ2n) is 3.40. The molecule has 0 amide bonds. The number of hydrogen-bond acceptors (Lipinski definition) is 1. The maximum atomic E-state index is 10.7. The summed E-state index contributed by atoms with van der Waals surface area (Å²) in [5, 5.41) is 8.79. The number of aliphatic carboxylic acids is 1. The van der Waals surface area contributed by atoms with Crippen molar-refractivity contribution in [3.05, 3.63) is 12.2 Å². The highest BCUT2D eigenvalue weighted by Gasteiger charge is 2.27. The minimum Gasteiger partial charge on any atom is -0.481 e. The fourth-order valence-electron chi connectivity index (χ4n) is 1.52. The van der Waals surface area contributed by atoms with Crippen LogP contribution < -0.4 is 0 Å². The summed E-state index contributed by atoms with van der Waals surface area (Å²) in [4.78, 5) is 10.7. The van der Waals surface area contributed by atoms with Crippen molar-refractivity contribution in [1.82, 2.24) is 0 Å². The van der Waals surface area contributed by atoms with Gasteiger partial charge in [-0.15, -0.1) is 0 Å². The molecule has 62 valence electrons. The van der Waals surface area contributed by atoms with Crippen LogP contribution >= 0.6 is 0 Å². The van der Waals surface area contributed by atoms with Gasteiger partial charge in [0.15, 0.2) is 0 Å². The smallest absolute Gasteiger partial charge is 0.307 e. The van der Waals surface area contributed by atoms with Crippen LogP contribution in [-0.4, -0.2) is 11.1 Å². The first-order valence-corrected chi connectivity index (χ1v) is 4.02. The molecule has 0 saturated heterocycles. The summed E-state index contributed by atoms with van der Waals surface area (Å²) < 4.78 is 0. The zero-order valence-corrected chi connectivity index (χ0v) is 6.95. The van der Waals surface area contributed by atoms with Crippen molar-refractivity contribution in [2.75, 3.05) is 0 Å². The van der Waals surface area contributed by atoms with Crippen molar-refractivity contribution in [1.29, 1.82) is 0 Å². The molecule has 0 fully saturated rings. The summed E-state index contributed by atoms with van der Waals surface area (Å²) in [6, 6.07) is 0. The van der Waals surface area contributed by atoms with Gasteiger partial charge in [-0.3, -0.25) is 4.79 Å². The van der Waals surface area contributed by atoms with E-state index in [9.17, 15) is 4.79 Å². The Morgan fingerprint density at radius 1 is 1.45 bits per heavy atom. The Labute approximate surface area is 66.9 Å². The molecule has 2 heteroatoms. The van der Waals surface area contributed by atoms with E-state index in [1.807, 2.05) is 13.0 Å². The molecule has 1 N–H and O–H groups in total. The molecule has 0 heterocycles. The second kappa shape index (κ2) is 3.07. The van der Waals surface area contributed by atoms with Crippen LogP contribution in [0.25, 0.3) is 0 Å². The van der Waals surface area contributed by atoms with Gasteiger partial charge in [0.25, 0.3) is 0 Å². The molecular weight excluding hydrogens is 140 g/mol. The third-order valence-electron chi connectivity index (χ3n) is 2.32. The molecule has 1 aliphatic carbocycles. The van der Waals surface area contributed by atoms with Gasteiger partial charge < -0.3 is 5.11 Å². The third kappa shape index (κ3) is 1.82. The van der Waals surface area contributed by atoms with Crippen LogP contribution in [0, 0.1) is 17.8 Å². The van der Waals surface area contributed by atoms with Crippen LogP contribution in [0.15, 0.2) is 12.2 Å². The van der Waals surface area contributed by atoms with E-state index in [2.05, 4.69) is 13.0 Å². The van der Waals surface area contributed by atoms with Crippen molar-refractivity contribution in [3.63, 3.8) is 0 Å². The molecule has 0 radical (unpaired) electrons. The van der Waals surface area contributed by atoms with Crippen LogP contribution in [-0.2, 0) is 4.79 Å². The van der Waals surface area contributed by atoms with Gasteiger partial charge in [-0.05, 0) is 18.3 Å². The summed E-state index contributed by atoms with van der Waals surface area (Å²) in [6.07, 6.45) is 4.89. The lowest BCUT2D eigenvalue weighted by molar-refractivity contribution is -0.143. The SMILES string of the molecule is C[C@@H]1C=C[C@@H](C)[C@H](C(=O)O)C1. The summed E-state index contributed by atoms with van der Waals surface area (Å²) >= 11 is 0. The second-order valence-corrected chi connectivity index (χ2v) is 3.40. The van der Waals surface area contributed by atoms with Crippen molar-refractivity contribution in [3.8, 4) is 0 Å². The first-order chi connectivity index (χ1) is 5.11. The van der Waals surface area contributed by atoms with Gasteiger partial charge in [-0.1, -0.05) is 26.0 Å². The highest BCUT2D eigenvalue weighted by atomic mass is 16.4. The molecule has 0 saturated carbocycles. The number of carbonyl (C=O) groups is 1. The van der Waals surface area contributed by atoms with Gasteiger partial charge in [0, 0.05) is 0 Å². The molecule has 0 aromatic heterocycles. The monoisotopic (exact) mass is 154 g/mol. The van der Waals surface area contributed by atoms with Gasteiger partial charge in [0.2, 0.25) is 0 Å². The normalized spacial score (nSPS) is 37.1. The zero-order chi connectivity index (χ0) is 8.43. The van der Waals surface area contributed by atoms with Crippen LogP contribution in [0.3, 0.4) is 0 Å². The minimum atomic E-state index is -0.659. The molecule has 0 unspecified atom stereocenters. The Bertz CT molecular complexity index is 184. The van der Waals surface area contributed by atoms with E-state index < -0.39 is 5.97 Å². The van der Waals surface area contributed by atoms with Crippen LogP contribution in [0.2, 0.25) is 0 Å². The Morgan fingerprint density at radius 3 is 2.55 bits per heavy atom. The molecule has 3 atom stereocenters. The van der Waals surface area contributed by atoms with Crippen molar-refractivity contribution in [2.24, 2.45) is 17.8 Å². The summed E-state index contributed by atoms with van der Waals surface area (Å²) in [5.41, 5.74) is 0. The largest absolute Gasteiger partial charge is 0.481 e. The molecule has 0 bridgehead atoms. The van der Waals surface area contributed by atoms with E-state index in [1.165, 1.54) is 0 Å². The summed E-state index contributed by atoms with van der Waals surface area (Å²) in [5.74, 6) is -0.209. The summed E-state index contributed by atoms with van der Waals surface area (Å²) in [7, 11) is 0. The predicted octanol–water partition coefficient (Wildman–Crippen LogP) is 1.92. The van der Waals surface area contributed by atoms with E-state index >= 15 is 0 Å². The third-order valence-corrected chi connectivity index (χ3v) is 2.32. The molecule has 1 rings (SSSR count). The maximum absolute atomic E-state index is 10.7. The molecule has 11 heavy (non-hydrogen) atoms. The van der Waals surface area contributed by atoms with Gasteiger partial charge in [0.1, 0.15) is 0 Å². The van der Waals surface area contributed by atoms with E-state index in [1.54, 1.807) is 0 Å². The molecule has 1 aliphatic rings. The van der Waals surface area contributed by atoms with Gasteiger partial charge >= 0.3 is 5.97 Å². The minimum absolute atomic E-state index is 0.171. The highest BCUT2D eigenvalue weighted by Crippen LogP contribution is 2.27. The average molecular weight is 154 g/mol. The lowest BCUT2D eigenvalue weighted by atomic mass is 9.81. The summed E-state index contributed by atoms with van der Waals surface area (Å²) in [6.45, 7) is 4.01. The van der Waals surface area contributed by atoms with E-state index in [0.717, 1.165) is 6.42 Å². The van der Waals surface area contributed by atoms with Gasteiger partial charge in [-0.2, -0.15) is 0 Å². The number of carboxylic acids is 1. The van der Waals surface area contributed by atoms with E-state index in [-0.39, 0.29) is 11.8 Å². The lowest BCUT2D eigenvalue weighted by Gasteiger charge is -2.24. The zero-order valence-electron chi connectivity index (χ0n) is 6.95. The van der Waals surface area contributed by atoms with Gasteiger partial charge in [0.05, 0.1) is 5.92 Å². The van der Waals surface area contributed by atoms with Crippen molar-refractivity contribution >= 4 is 5.97 Å². The van der Waals surface area contributed by atoms with Crippen molar-refractivity contribution < 1.29 is 9.90 Å². The molecule has 0 aliphatic heterocycles. The quantitative estimate of drug-likeness (QED) is 0.586. The fraction of sp³-hybridized carbons (Fsp3) is 0.667. The molecule has 0 spiro atoms. The first-order valence-electron chi connectivity index (χ1n) is 4.02. The fourth-order valence-corrected chi connectivity index (χ4v) is 1.52.